The molecule has 0 radical (unpaired) electrons. The normalized spacial score (nSPS) is 23.4. The number of aromatic nitrogens is 3. The zero-order chi connectivity index (χ0) is 19.0. The summed E-state index contributed by atoms with van der Waals surface area (Å²) >= 11 is 0. The summed E-state index contributed by atoms with van der Waals surface area (Å²) in [6.45, 7) is 3.75. The van der Waals surface area contributed by atoms with Crippen LogP contribution in [0, 0.1) is 24.5 Å². The highest BCUT2D eigenvalue weighted by Gasteiger charge is 2.37. The summed E-state index contributed by atoms with van der Waals surface area (Å²) in [7, 11) is 0. The fourth-order valence-electron chi connectivity index (χ4n) is 3.69. The second kappa shape index (κ2) is 7.34. The number of H-pyrrole nitrogens is 1. The molecule has 1 amide bonds. The number of carbonyl (C=O) groups is 1. The van der Waals surface area contributed by atoms with Crippen LogP contribution >= 0.6 is 0 Å². The minimum absolute atomic E-state index is 0.0406. The third-order valence-electron chi connectivity index (χ3n) is 5.31. The summed E-state index contributed by atoms with van der Waals surface area (Å²) in [6, 6.07) is 3.88. The Balaban J connectivity index is 1.48. The highest BCUT2D eigenvalue weighted by atomic mass is 19.2. The minimum atomic E-state index is -0.841. The zero-order valence-electron chi connectivity index (χ0n) is 15.2. The number of hydrogen-bond donors (Lipinski definition) is 2. The van der Waals surface area contributed by atoms with E-state index in [2.05, 4.69) is 25.4 Å². The highest BCUT2D eigenvalue weighted by molar-refractivity contribution is 5.81. The van der Waals surface area contributed by atoms with Gasteiger partial charge in [-0.2, -0.15) is 5.10 Å². The lowest BCUT2D eigenvalue weighted by atomic mass is 9.90. The Hall–Kier alpha value is -2.35. The van der Waals surface area contributed by atoms with Crippen molar-refractivity contribution in [1.82, 2.24) is 25.4 Å². The van der Waals surface area contributed by atoms with E-state index in [1.54, 1.807) is 6.07 Å². The second-order valence-corrected chi connectivity index (χ2v) is 7.55. The number of aryl methyl sites for hydroxylation is 1. The maximum absolute atomic E-state index is 13.5. The SMILES string of the molecule is Cc1nc([C@H]2CCN(Cc3ccc(F)c(F)c3)C[C@H]2NC(=O)C2CC2)n[nH]1. The molecule has 0 unspecified atom stereocenters. The van der Waals surface area contributed by atoms with E-state index < -0.39 is 11.6 Å². The lowest BCUT2D eigenvalue weighted by Gasteiger charge is -2.38. The zero-order valence-corrected chi connectivity index (χ0v) is 15.2. The van der Waals surface area contributed by atoms with Crippen LogP contribution in [0.5, 0.6) is 0 Å². The van der Waals surface area contributed by atoms with Crippen molar-refractivity contribution in [3.8, 4) is 0 Å². The molecule has 0 bridgehead atoms. The van der Waals surface area contributed by atoms with E-state index in [-0.39, 0.29) is 23.8 Å². The average molecular weight is 375 g/mol. The Morgan fingerprint density at radius 2 is 2.11 bits per heavy atom. The van der Waals surface area contributed by atoms with Crippen molar-refractivity contribution in [2.24, 2.45) is 5.92 Å². The van der Waals surface area contributed by atoms with Crippen molar-refractivity contribution in [3.05, 3.63) is 47.0 Å². The van der Waals surface area contributed by atoms with Gasteiger partial charge in [-0.05, 0) is 50.4 Å². The number of piperidine rings is 1. The number of halogens is 2. The smallest absolute Gasteiger partial charge is 0.223 e. The van der Waals surface area contributed by atoms with Crippen molar-refractivity contribution in [2.45, 2.75) is 44.7 Å². The molecule has 1 aromatic carbocycles. The summed E-state index contributed by atoms with van der Waals surface area (Å²) in [4.78, 5) is 18.9. The van der Waals surface area contributed by atoms with E-state index in [9.17, 15) is 13.6 Å². The number of hydrogen-bond acceptors (Lipinski definition) is 4. The Morgan fingerprint density at radius 3 is 2.78 bits per heavy atom. The van der Waals surface area contributed by atoms with Gasteiger partial charge in [-0.1, -0.05) is 6.07 Å². The van der Waals surface area contributed by atoms with Gasteiger partial charge >= 0.3 is 0 Å². The summed E-state index contributed by atoms with van der Waals surface area (Å²) in [5.41, 5.74) is 0.716. The number of likely N-dealkylation sites (tertiary alicyclic amines) is 1. The van der Waals surface area contributed by atoms with E-state index in [1.807, 2.05) is 6.92 Å². The number of carbonyl (C=O) groups excluding carboxylic acids is 1. The molecule has 2 aliphatic rings. The van der Waals surface area contributed by atoms with Gasteiger partial charge in [0, 0.05) is 24.9 Å². The molecule has 2 atom stereocenters. The Morgan fingerprint density at radius 1 is 1.30 bits per heavy atom. The molecule has 2 fully saturated rings. The monoisotopic (exact) mass is 375 g/mol. The molecule has 6 nitrogen and oxygen atoms in total. The quantitative estimate of drug-likeness (QED) is 0.841. The van der Waals surface area contributed by atoms with Crippen LogP contribution in [0.4, 0.5) is 8.78 Å². The number of aromatic amines is 1. The molecule has 1 aliphatic carbocycles. The first-order valence-electron chi connectivity index (χ1n) is 9.35. The molecule has 2 N–H and O–H groups in total. The molecule has 1 aliphatic heterocycles. The molecule has 1 saturated heterocycles. The predicted octanol–water partition coefficient (Wildman–Crippen LogP) is 2.28. The first kappa shape index (κ1) is 18.0. The summed E-state index contributed by atoms with van der Waals surface area (Å²) in [5, 5.41) is 10.3. The third-order valence-corrected chi connectivity index (χ3v) is 5.31. The molecule has 0 spiro atoms. The summed E-state index contributed by atoms with van der Waals surface area (Å²) in [5.74, 6) is 0.0543. The van der Waals surface area contributed by atoms with Crippen molar-refractivity contribution in [1.29, 1.82) is 0 Å². The number of nitrogens with zero attached hydrogens (tertiary/aromatic N) is 3. The van der Waals surface area contributed by atoms with Gasteiger partial charge in [0.05, 0.1) is 6.04 Å². The lowest BCUT2D eigenvalue weighted by Crippen LogP contribution is -2.52. The maximum atomic E-state index is 13.5. The number of nitrogens with one attached hydrogen (secondary N) is 2. The van der Waals surface area contributed by atoms with Gasteiger partial charge in [0.15, 0.2) is 17.5 Å². The molecule has 144 valence electrons. The fraction of sp³-hybridized carbons (Fsp3) is 0.526. The molecule has 1 aromatic heterocycles. The van der Waals surface area contributed by atoms with Crippen LogP contribution in [0.1, 0.15) is 42.4 Å². The van der Waals surface area contributed by atoms with Gasteiger partial charge in [0.1, 0.15) is 5.82 Å². The first-order chi connectivity index (χ1) is 13.0. The molecular weight excluding hydrogens is 352 g/mol. The van der Waals surface area contributed by atoms with Gasteiger partial charge in [-0.3, -0.25) is 14.8 Å². The molecule has 2 aromatic rings. The first-order valence-corrected chi connectivity index (χ1v) is 9.35. The molecule has 27 heavy (non-hydrogen) atoms. The van der Waals surface area contributed by atoms with Gasteiger partial charge in [-0.15, -0.1) is 0 Å². The van der Waals surface area contributed by atoms with Crippen LogP contribution in [0.3, 0.4) is 0 Å². The second-order valence-electron chi connectivity index (χ2n) is 7.55. The summed E-state index contributed by atoms with van der Waals surface area (Å²) < 4.78 is 26.6. The van der Waals surface area contributed by atoms with Crippen molar-refractivity contribution >= 4 is 5.91 Å². The Labute approximate surface area is 156 Å². The van der Waals surface area contributed by atoms with Crippen molar-refractivity contribution < 1.29 is 13.6 Å². The fourth-order valence-corrected chi connectivity index (χ4v) is 3.69. The van der Waals surface area contributed by atoms with E-state index >= 15 is 0 Å². The van der Waals surface area contributed by atoms with Crippen LogP contribution < -0.4 is 5.32 Å². The number of benzene rings is 1. The van der Waals surface area contributed by atoms with Gasteiger partial charge in [0.2, 0.25) is 5.91 Å². The molecule has 8 heteroatoms. The van der Waals surface area contributed by atoms with Crippen LogP contribution in [-0.4, -0.2) is 45.1 Å². The number of amides is 1. The maximum Gasteiger partial charge on any atom is 0.223 e. The standard InChI is InChI=1S/C19H23F2N5O/c1-11-22-18(25-24-11)14-6-7-26(9-12-2-5-15(20)16(21)8-12)10-17(14)23-19(27)13-3-4-13/h2,5,8,13-14,17H,3-4,6-7,9-10H2,1H3,(H,23,27)(H,22,24,25)/t14-,17+/m0/s1. The average Bonchev–Trinajstić information content (AvgIpc) is 3.40. The lowest BCUT2D eigenvalue weighted by molar-refractivity contribution is -0.123. The van der Waals surface area contributed by atoms with Crippen molar-refractivity contribution in [2.75, 3.05) is 13.1 Å². The van der Waals surface area contributed by atoms with Crippen LogP contribution in [-0.2, 0) is 11.3 Å². The Kier molecular flexibility index (Phi) is 4.90. The molecular formula is C19H23F2N5O. The van der Waals surface area contributed by atoms with Crippen LogP contribution in [0.15, 0.2) is 18.2 Å². The topological polar surface area (TPSA) is 73.9 Å². The van der Waals surface area contributed by atoms with Crippen molar-refractivity contribution in [3.63, 3.8) is 0 Å². The van der Waals surface area contributed by atoms with E-state index in [1.165, 1.54) is 6.07 Å². The molecule has 2 heterocycles. The summed E-state index contributed by atoms with van der Waals surface area (Å²) in [6.07, 6.45) is 2.68. The molecule has 4 rings (SSSR count). The van der Waals surface area contributed by atoms with E-state index in [0.29, 0.717) is 18.7 Å². The van der Waals surface area contributed by atoms with Crippen LogP contribution in [0.2, 0.25) is 0 Å². The van der Waals surface area contributed by atoms with Crippen LogP contribution in [0.25, 0.3) is 0 Å². The number of rotatable bonds is 5. The highest BCUT2D eigenvalue weighted by Crippen LogP contribution is 2.31. The third kappa shape index (κ3) is 4.16. The van der Waals surface area contributed by atoms with Gasteiger partial charge in [0.25, 0.3) is 0 Å². The predicted molar refractivity (Wildman–Crippen MR) is 94.8 cm³/mol. The van der Waals surface area contributed by atoms with Gasteiger partial charge in [-0.25, -0.2) is 13.8 Å². The Bertz CT molecular complexity index is 835. The van der Waals surface area contributed by atoms with E-state index in [0.717, 1.165) is 43.5 Å². The largest absolute Gasteiger partial charge is 0.351 e. The molecule has 1 saturated carbocycles. The van der Waals surface area contributed by atoms with E-state index in [4.69, 9.17) is 0 Å². The minimum Gasteiger partial charge on any atom is -0.351 e. The van der Waals surface area contributed by atoms with Gasteiger partial charge < -0.3 is 5.32 Å².